The number of hydrogen-bond acceptors (Lipinski definition) is 4. The average molecular weight is 369 g/mol. The topological polar surface area (TPSA) is 64.6 Å². The summed E-state index contributed by atoms with van der Waals surface area (Å²) in [5.41, 5.74) is 2.96. The molecule has 0 aliphatic heterocycles. The first kappa shape index (κ1) is 20.5. The van der Waals surface area contributed by atoms with Crippen LogP contribution in [0.25, 0.3) is 0 Å². The van der Waals surface area contributed by atoms with Crippen molar-refractivity contribution in [1.29, 1.82) is 0 Å². The number of rotatable bonds is 9. The molecule has 0 saturated carbocycles. The zero-order valence-electron chi connectivity index (χ0n) is 16.2. The monoisotopic (exact) mass is 369 g/mol. The average Bonchev–Trinajstić information content (AvgIpc) is 2.65. The molecule has 2 aromatic rings. The fourth-order valence-corrected chi connectivity index (χ4v) is 2.56. The minimum Gasteiger partial charge on any atom is -0.494 e. The maximum absolute atomic E-state index is 12.0. The number of anilines is 1. The van der Waals surface area contributed by atoms with Gasteiger partial charge in [0.1, 0.15) is 5.75 Å². The van der Waals surface area contributed by atoms with Crippen molar-refractivity contribution >= 4 is 17.6 Å². The van der Waals surface area contributed by atoms with E-state index in [4.69, 9.17) is 9.47 Å². The molecule has 0 heterocycles. The van der Waals surface area contributed by atoms with E-state index in [-0.39, 0.29) is 24.9 Å². The Bertz CT molecular complexity index is 753. The highest BCUT2D eigenvalue weighted by Crippen LogP contribution is 2.23. The molecule has 0 fully saturated rings. The molecule has 0 unspecified atom stereocenters. The first-order valence-electron chi connectivity index (χ1n) is 9.19. The van der Waals surface area contributed by atoms with Gasteiger partial charge in [0.05, 0.1) is 6.61 Å². The highest BCUT2D eigenvalue weighted by Gasteiger charge is 2.11. The molecule has 0 radical (unpaired) electrons. The number of aryl methyl sites for hydroxylation is 1. The molecular formula is C22H27NO4. The molecule has 0 saturated heterocycles. The van der Waals surface area contributed by atoms with Crippen LogP contribution < -0.4 is 10.1 Å². The molecule has 2 aromatic carbocycles. The second kappa shape index (κ2) is 10.4. The van der Waals surface area contributed by atoms with Crippen molar-refractivity contribution in [2.24, 2.45) is 0 Å². The molecule has 0 atom stereocenters. The van der Waals surface area contributed by atoms with Crippen molar-refractivity contribution in [3.63, 3.8) is 0 Å². The van der Waals surface area contributed by atoms with Gasteiger partial charge in [-0.15, -0.1) is 0 Å². The highest BCUT2D eigenvalue weighted by molar-refractivity contribution is 5.93. The standard InChI is InChI=1S/C22H27NO4/c1-16(2)19-7-4-5-8-20(19)23-21(24)15-27-22(25)9-6-14-26-18-12-10-17(3)11-13-18/h4-5,7-8,10-13,16H,6,9,14-15H2,1-3H3,(H,23,24). The van der Waals surface area contributed by atoms with E-state index in [1.165, 1.54) is 5.56 Å². The number of amides is 1. The molecule has 0 aromatic heterocycles. The lowest BCUT2D eigenvalue weighted by molar-refractivity contribution is -0.147. The number of para-hydroxylation sites is 1. The first-order valence-corrected chi connectivity index (χ1v) is 9.19. The Kier molecular flexibility index (Phi) is 7.86. The van der Waals surface area contributed by atoms with Gasteiger partial charge >= 0.3 is 5.97 Å². The summed E-state index contributed by atoms with van der Waals surface area (Å²) in [7, 11) is 0. The quantitative estimate of drug-likeness (QED) is 0.523. The van der Waals surface area contributed by atoms with E-state index in [1.54, 1.807) is 0 Å². The molecule has 1 amide bonds. The highest BCUT2D eigenvalue weighted by atomic mass is 16.5. The lowest BCUT2D eigenvalue weighted by atomic mass is 10.0. The molecule has 2 rings (SSSR count). The van der Waals surface area contributed by atoms with Gasteiger partial charge in [-0.25, -0.2) is 0 Å². The third kappa shape index (κ3) is 7.13. The van der Waals surface area contributed by atoms with Crippen LogP contribution in [0.2, 0.25) is 0 Å². The van der Waals surface area contributed by atoms with Crippen molar-refractivity contribution in [2.45, 2.75) is 39.5 Å². The Morgan fingerprint density at radius 1 is 1.04 bits per heavy atom. The van der Waals surface area contributed by atoms with E-state index in [2.05, 4.69) is 19.2 Å². The lowest BCUT2D eigenvalue weighted by Gasteiger charge is -2.13. The summed E-state index contributed by atoms with van der Waals surface area (Å²) in [5, 5.41) is 2.80. The number of hydrogen-bond donors (Lipinski definition) is 1. The van der Waals surface area contributed by atoms with Crippen LogP contribution in [0.15, 0.2) is 48.5 Å². The Labute approximate surface area is 160 Å². The second-order valence-electron chi connectivity index (χ2n) is 6.72. The van der Waals surface area contributed by atoms with Gasteiger partial charge in [-0.1, -0.05) is 49.7 Å². The minimum absolute atomic E-state index is 0.210. The molecule has 1 N–H and O–H groups in total. The number of esters is 1. The van der Waals surface area contributed by atoms with Gasteiger partial charge in [-0.2, -0.15) is 0 Å². The summed E-state index contributed by atoms with van der Waals surface area (Å²) in [5.74, 6) is 0.317. The molecule has 0 bridgehead atoms. The molecule has 5 nitrogen and oxygen atoms in total. The number of ether oxygens (including phenoxy) is 2. The Morgan fingerprint density at radius 3 is 2.44 bits per heavy atom. The van der Waals surface area contributed by atoms with Crippen LogP contribution in [0.5, 0.6) is 5.75 Å². The van der Waals surface area contributed by atoms with Crippen LogP contribution in [-0.2, 0) is 14.3 Å². The predicted octanol–water partition coefficient (Wildman–Crippen LogP) is 4.46. The fraction of sp³-hybridized carbons (Fsp3) is 0.364. The van der Waals surface area contributed by atoms with Crippen LogP contribution >= 0.6 is 0 Å². The number of benzene rings is 2. The number of nitrogens with one attached hydrogen (secondary N) is 1. The van der Waals surface area contributed by atoms with Crippen molar-refractivity contribution in [1.82, 2.24) is 0 Å². The zero-order valence-corrected chi connectivity index (χ0v) is 16.2. The lowest BCUT2D eigenvalue weighted by Crippen LogP contribution is -2.21. The van der Waals surface area contributed by atoms with Gasteiger partial charge in [0, 0.05) is 12.1 Å². The van der Waals surface area contributed by atoms with E-state index in [9.17, 15) is 9.59 Å². The van der Waals surface area contributed by atoms with Gasteiger partial charge in [-0.3, -0.25) is 9.59 Å². The zero-order chi connectivity index (χ0) is 19.6. The summed E-state index contributed by atoms with van der Waals surface area (Å²) in [6.45, 7) is 6.26. The maximum Gasteiger partial charge on any atom is 0.306 e. The third-order valence-corrected chi connectivity index (χ3v) is 4.04. The molecule has 0 aliphatic rings. The third-order valence-electron chi connectivity index (χ3n) is 4.04. The van der Waals surface area contributed by atoms with Crippen molar-refractivity contribution in [3.8, 4) is 5.75 Å². The minimum atomic E-state index is -0.408. The maximum atomic E-state index is 12.0. The van der Waals surface area contributed by atoms with Crippen molar-refractivity contribution in [2.75, 3.05) is 18.5 Å². The molecule has 144 valence electrons. The summed E-state index contributed by atoms with van der Waals surface area (Å²) >= 11 is 0. The molecule has 27 heavy (non-hydrogen) atoms. The van der Waals surface area contributed by atoms with E-state index in [0.29, 0.717) is 13.0 Å². The van der Waals surface area contributed by atoms with E-state index < -0.39 is 5.97 Å². The van der Waals surface area contributed by atoms with E-state index in [0.717, 1.165) is 17.0 Å². The Balaban J connectivity index is 1.66. The SMILES string of the molecule is Cc1ccc(OCCCC(=O)OCC(=O)Nc2ccccc2C(C)C)cc1. The Morgan fingerprint density at radius 2 is 1.74 bits per heavy atom. The normalized spacial score (nSPS) is 10.5. The summed E-state index contributed by atoms with van der Waals surface area (Å²) in [6.07, 6.45) is 0.742. The van der Waals surface area contributed by atoms with Crippen LogP contribution in [-0.4, -0.2) is 25.1 Å². The van der Waals surface area contributed by atoms with E-state index >= 15 is 0 Å². The van der Waals surface area contributed by atoms with Gasteiger partial charge in [-0.05, 0) is 43.0 Å². The smallest absolute Gasteiger partial charge is 0.306 e. The van der Waals surface area contributed by atoms with Gasteiger partial charge in [0.2, 0.25) is 0 Å². The summed E-state index contributed by atoms with van der Waals surface area (Å²) < 4.78 is 10.6. The summed E-state index contributed by atoms with van der Waals surface area (Å²) in [4.78, 5) is 23.8. The van der Waals surface area contributed by atoms with Crippen LogP contribution in [0.1, 0.15) is 43.7 Å². The van der Waals surface area contributed by atoms with Gasteiger partial charge in [0.25, 0.3) is 5.91 Å². The summed E-state index contributed by atoms with van der Waals surface area (Å²) in [6, 6.07) is 15.3. The van der Waals surface area contributed by atoms with Gasteiger partial charge < -0.3 is 14.8 Å². The number of carbonyl (C=O) groups excluding carboxylic acids is 2. The number of carbonyl (C=O) groups is 2. The van der Waals surface area contributed by atoms with Crippen LogP contribution in [0, 0.1) is 6.92 Å². The van der Waals surface area contributed by atoms with Crippen molar-refractivity contribution in [3.05, 3.63) is 59.7 Å². The first-order chi connectivity index (χ1) is 13.0. The van der Waals surface area contributed by atoms with E-state index in [1.807, 2.05) is 55.5 Å². The van der Waals surface area contributed by atoms with Crippen LogP contribution in [0.4, 0.5) is 5.69 Å². The molecule has 5 heteroatoms. The Hall–Kier alpha value is -2.82. The fourth-order valence-electron chi connectivity index (χ4n) is 2.56. The van der Waals surface area contributed by atoms with Crippen molar-refractivity contribution < 1.29 is 19.1 Å². The largest absolute Gasteiger partial charge is 0.494 e. The second-order valence-corrected chi connectivity index (χ2v) is 6.72. The molecule has 0 aliphatic carbocycles. The van der Waals surface area contributed by atoms with Gasteiger partial charge in [0.15, 0.2) is 6.61 Å². The van der Waals surface area contributed by atoms with Crippen LogP contribution in [0.3, 0.4) is 0 Å². The molecular weight excluding hydrogens is 342 g/mol. The molecule has 0 spiro atoms. The predicted molar refractivity (Wildman–Crippen MR) is 106 cm³/mol.